The standard InChI is InChI=1S/C19H19FN4O3S/c20-14-5-3-12(4-6-14)16-8-7-15(11-21-16)28(27)22-10-13-2-1-9-19(13)17(25)23-18(26)24-19/h3-8,11,13,22H,1-2,9-10H2,(H2,23,24,25,26). The number of benzene rings is 1. The molecule has 1 aromatic carbocycles. The summed E-state index contributed by atoms with van der Waals surface area (Å²) in [4.78, 5) is 28.5. The molecule has 1 saturated carbocycles. The number of imide groups is 1. The van der Waals surface area contributed by atoms with E-state index in [1.807, 2.05) is 0 Å². The van der Waals surface area contributed by atoms with E-state index in [1.54, 1.807) is 24.3 Å². The Morgan fingerprint density at radius 3 is 2.64 bits per heavy atom. The number of carbonyl (C=O) groups is 2. The molecule has 3 N–H and O–H groups in total. The van der Waals surface area contributed by atoms with E-state index in [1.165, 1.54) is 18.3 Å². The quantitative estimate of drug-likeness (QED) is 0.665. The van der Waals surface area contributed by atoms with Crippen LogP contribution in [0.4, 0.5) is 9.18 Å². The number of amides is 3. The Morgan fingerprint density at radius 2 is 2.00 bits per heavy atom. The molecule has 2 heterocycles. The Balaban J connectivity index is 1.41. The van der Waals surface area contributed by atoms with Gasteiger partial charge in [0.05, 0.1) is 10.6 Å². The molecule has 1 spiro atoms. The molecule has 2 aliphatic rings. The second-order valence-electron chi connectivity index (χ2n) is 6.97. The maximum Gasteiger partial charge on any atom is 0.322 e. The lowest BCUT2D eigenvalue weighted by molar-refractivity contribution is -0.125. The number of hydrogen-bond donors (Lipinski definition) is 3. The van der Waals surface area contributed by atoms with Crippen molar-refractivity contribution in [2.24, 2.45) is 5.92 Å². The number of pyridine rings is 1. The largest absolute Gasteiger partial charge is 0.323 e. The van der Waals surface area contributed by atoms with Gasteiger partial charge in [0.15, 0.2) is 0 Å². The van der Waals surface area contributed by atoms with Gasteiger partial charge in [-0.2, -0.15) is 0 Å². The first-order valence-corrected chi connectivity index (χ1v) is 10.1. The van der Waals surface area contributed by atoms with Gasteiger partial charge in [-0.15, -0.1) is 0 Å². The monoisotopic (exact) mass is 402 g/mol. The summed E-state index contributed by atoms with van der Waals surface area (Å²) >= 11 is 0. The maximum atomic E-state index is 13.0. The van der Waals surface area contributed by atoms with Crippen LogP contribution >= 0.6 is 0 Å². The summed E-state index contributed by atoms with van der Waals surface area (Å²) in [7, 11) is -1.50. The van der Waals surface area contributed by atoms with Crippen LogP contribution in [-0.2, 0) is 15.8 Å². The van der Waals surface area contributed by atoms with Gasteiger partial charge in [-0.25, -0.2) is 18.1 Å². The lowest BCUT2D eigenvalue weighted by atomic mass is 9.87. The molecule has 3 amide bonds. The molecule has 3 atom stereocenters. The van der Waals surface area contributed by atoms with Crippen LogP contribution in [0, 0.1) is 11.7 Å². The van der Waals surface area contributed by atoms with E-state index in [2.05, 4.69) is 20.3 Å². The Hall–Kier alpha value is -2.65. The van der Waals surface area contributed by atoms with Crippen molar-refractivity contribution in [3.63, 3.8) is 0 Å². The molecule has 1 saturated heterocycles. The molecule has 2 fully saturated rings. The van der Waals surface area contributed by atoms with E-state index in [0.29, 0.717) is 23.6 Å². The fourth-order valence-corrected chi connectivity index (χ4v) is 4.72. The van der Waals surface area contributed by atoms with Gasteiger partial charge < -0.3 is 5.32 Å². The molecule has 9 heteroatoms. The highest BCUT2D eigenvalue weighted by Gasteiger charge is 2.54. The van der Waals surface area contributed by atoms with Crippen molar-refractivity contribution >= 4 is 22.9 Å². The third kappa shape index (κ3) is 3.43. The topological polar surface area (TPSA) is 100 Å². The van der Waals surface area contributed by atoms with Crippen LogP contribution in [0.5, 0.6) is 0 Å². The zero-order chi connectivity index (χ0) is 19.7. The molecule has 2 aromatic rings. The predicted octanol–water partition coefficient (Wildman–Crippen LogP) is 1.88. The minimum atomic E-state index is -1.50. The Morgan fingerprint density at radius 1 is 1.21 bits per heavy atom. The van der Waals surface area contributed by atoms with Gasteiger partial charge in [0, 0.05) is 24.2 Å². The van der Waals surface area contributed by atoms with Gasteiger partial charge in [0.25, 0.3) is 5.91 Å². The molecule has 7 nitrogen and oxygen atoms in total. The normalized spacial score (nSPS) is 25.0. The van der Waals surface area contributed by atoms with E-state index in [9.17, 15) is 18.2 Å². The molecule has 1 aliphatic carbocycles. The molecule has 28 heavy (non-hydrogen) atoms. The van der Waals surface area contributed by atoms with Gasteiger partial charge in [-0.05, 0) is 49.2 Å². The summed E-state index contributed by atoms with van der Waals surface area (Å²) in [5.41, 5.74) is 0.516. The number of carbonyl (C=O) groups excluding carboxylic acids is 2. The smallest absolute Gasteiger partial charge is 0.322 e. The van der Waals surface area contributed by atoms with Crippen LogP contribution in [0.1, 0.15) is 19.3 Å². The second-order valence-corrected chi connectivity index (χ2v) is 8.27. The highest BCUT2D eigenvalue weighted by atomic mass is 32.2. The Labute approximate surface area is 163 Å². The summed E-state index contributed by atoms with van der Waals surface area (Å²) in [5.74, 6) is -0.755. The van der Waals surface area contributed by atoms with Crippen molar-refractivity contribution in [1.29, 1.82) is 0 Å². The van der Waals surface area contributed by atoms with E-state index >= 15 is 0 Å². The third-order valence-corrected chi connectivity index (χ3v) is 6.44. The average Bonchev–Trinajstić information content (AvgIpc) is 3.23. The number of aromatic nitrogens is 1. The van der Waals surface area contributed by atoms with Crippen molar-refractivity contribution in [1.82, 2.24) is 20.3 Å². The molecule has 146 valence electrons. The van der Waals surface area contributed by atoms with Crippen molar-refractivity contribution in [2.45, 2.75) is 29.7 Å². The van der Waals surface area contributed by atoms with Gasteiger partial charge in [-0.1, -0.05) is 6.42 Å². The molecule has 1 aromatic heterocycles. The summed E-state index contributed by atoms with van der Waals surface area (Å²) in [6, 6.07) is 8.94. The first kappa shape index (κ1) is 18.7. The van der Waals surface area contributed by atoms with Crippen molar-refractivity contribution in [2.75, 3.05) is 6.54 Å². The van der Waals surface area contributed by atoms with Gasteiger partial charge in [0.2, 0.25) is 0 Å². The van der Waals surface area contributed by atoms with E-state index in [0.717, 1.165) is 18.4 Å². The summed E-state index contributed by atoms with van der Waals surface area (Å²) < 4.78 is 28.5. The zero-order valence-corrected chi connectivity index (χ0v) is 15.7. The number of rotatable bonds is 5. The van der Waals surface area contributed by atoms with Crippen LogP contribution < -0.4 is 15.4 Å². The van der Waals surface area contributed by atoms with E-state index in [4.69, 9.17) is 0 Å². The van der Waals surface area contributed by atoms with E-state index in [-0.39, 0.29) is 17.6 Å². The average molecular weight is 402 g/mol. The maximum absolute atomic E-state index is 13.0. The summed E-state index contributed by atoms with van der Waals surface area (Å²) in [6.45, 7) is 0.333. The predicted molar refractivity (Wildman–Crippen MR) is 101 cm³/mol. The van der Waals surface area contributed by atoms with Crippen molar-refractivity contribution < 1.29 is 18.2 Å². The van der Waals surface area contributed by atoms with Crippen LogP contribution in [0.15, 0.2) is 47.5 Å². The first-order valence-electron chi connectivity index (χ1n) is 8.99. The summed E-state index contributed by atoms with van der Waals surface area (Å²) in [6.07, 6.45) is 3.67. The minimum Gasteiger partial charge on any atom is -0.323 e. The fourth-order valence-electron chi connectivity index (χ4n) is 3.86. The molecular weight excluding hydrogens is 383 g/mol. The number of halogens is 1. The van der Waals surface area contributed by atoms with Gasteiger partial charge >= 0.3 is 6.03 Å². The second kappa shape index (κ2) is 7.40. The van der Waals surface area contributed by atoms with Crippen LogP contribution in [0.3, 0.4) is 0 Å². The Kier molecular flexibility index (Phi) is 4.94. The molecule has 3 unspecified atom stereocenters. The fraction of sp³-hybridized carbons (Fsp3) is 0.316. The molecule has 1 aliphatic heterocycles. The van der Waals surface area contributed by atoms with Crippen LogP contribution in [0.25, 0.3) is 11.3 Å². The van der Waals surface area contributed by atoms with Gasteiger partial charge in [-0.3, -0.25) is 15.1 Å². The molecular formula is C19H19FN4O3S. The molecule has 0 radical (unpaired) electrons. The molecule has 0 bridgehead atoms. The lowest BCUT2D eigenvalue weighted by Gasteiger charge is -2.28. The Bertz CT molecular complexity index is 935. The van der Waals surface area contributed by atoms with Crippen LogP contribution in [0.2, 0.25) is 0 Å². The van der Waals surface area contributed by atoms with Crippen molar-refractivity contribution in [3.8, 4) is 11.3 Å². The highest BCUT2D eigenvalue weighted by molar-refractivity contribution is 7.83. The van der Waals surface area contributed by atoms with Crippen LogP contribution in [-0.4, -0.2) is 33.2 Å². The number of urea groups is 1. The number of nitrogens with one attached hydrogen (secondary N) is 3. The zero-order valence-electron chi connectivity index (χ0n) is 14.9. The highest BCUT2D eigenvalue weighted by Crippen LogP contribution is 2.37. The lowest BCUT2D eigenvalue weighted by Crippen LogP contribution is -2.52. The third-order valence-electron chi connectivity index (χ3n) is 5.34. The number of nitrogens with zero attached hydrogens (tertiary/aromatic N) is 1. The van der Waals surface area contributed by atoms with Gasteiger partial charge in [0.1, 0.15) is 22.3 Å². The number of hydrogen-bond acceptors (Lipinski definition) is 4. The first-order chi connectivity index (χ1) is 13.5. The van der Waals surface area contributed by atoms with Crippen molar-refractivity contribution in [3.05, 3.63) is 48.4 Å². The summed E-state index contributed by atoms with van der Waals surface area (Å²) in [5, 5.41) is 5.04. The minimum absolute atomic E-state index is 0.130. The molecule has 4 rings (SSSR count). The SMILES string of the molecule is O=C1NC(=O)C2(CCCC2CNS(=O)c2ccc(-c3ccc(F)cc3)nc2)N1. The van der Waals surface area contributed by atoms with E-state index < -0.39 is 22.6 Å².